The molecule has 1 fully saturated rings. The molecule has 1 aromatic rings. The van der Waals surface area contributed by atoms with Crippen molar-refractivity contribution in [2.24, 2.45) is 0 Å². The Morgan fingerprint density at radius 3 is 2.71 bits per heavy atom. The quantitative estimate of drug-likeness (QED) is 0.661. The van der Waals surface area contributed by atoms with Crippen LogP contribution in [0.15, 0.2) is 24.3 Å². The molecule has 5 heteroatoms. The van der Waals surface area contributed by atoms with Gasteiger partial charge in [0.05, 0.1) is 4.92 Å². The smallest absolute Gasteiger partial charge is 0.269 e. The Labute approximate surface area is 105 Å². The lowest BCUT2D eigenvalue weighted by Gasteiger charge is -2.18. The summed E-state index contributed by atoms with van der Waals surface area (Å²) in [6.07, 6.45) is 1.21. The number of non-ortho nitro benzene ring substituents is 1. The minimum Gasteiger partial charge on any atom is -0.307 e. The maximum absolute atomic E-state index is 10.5. The maximum Gasteiger partial charge on any atom is 0.269 e. The van der Waals surface area contributed by atoms with Crippen LogP contribution >= 0.6 is 11.8 Å². The van der Waals surface area contributed by atoms with E-state index >= 15 is 0 Å². The average Bonchev–Trinajstić information content (AvgIpc) is 2.82. The van der Waals surface area contributed by atoms with Gasteiger partial charge in [-0.2, -0.15) is 11.8 Å². The van der Waals surface area contributed by atoms with Crippen molar-refractivity contribution in [2.75, 3.05) is 11.5 Å². The molecule has 0 spiro atoms. The molecule has 0 radical (unpaired) electrons. The number of nitro benzene ring substituents is 1. The Balaban J connectivity index is 1.98. The van der Waals surface area contributed by atoms with E-state index in [9.17, 15) is 10.1 Å². The van der Waals surface area contributed by atoms with E-state index in [1.165, 1.54) is 12.2 Å². The van der Waals surface area contributed by atoms with Crippen molar-refractivity contribution in [1.29, 1.82) is 0 Å². The molecule has 0 saturated carbocycles. The molecule has 17 heavy (non-hydrogen) atoms. The van der Waals surface area contributed by atoms with Crippen LogP contribution in [0.4, 0.5) is 5.69 Å². The number of thioether (sulfide) groups is 1. The number of nitro groups is 1. The fourth-order valence-electron chi connectivity index (χ4n) is 2.00. The van der Waals surface area contributed by atoms with Crippen LogP contribution in [-0.2, 0) is 0 Å². The van der Waals surface area contributed by atoms with Crippen LogP contribution < -0.4 is 5.32 Å². The summed E-state index contributed by atoms with van der Waals surface area (Å²) in [4.78, 5) is 10.2. The number of hydrogen-bond donors (Lipinski definition) is 1. The van der Waals surface area contributed by atoms with Crippen molar-refractivity contribution >= 4 is 17.4 Å². The van der Waals surface area contributed by atoms with Gasteiger partial charge in [-0.3, -0.25) is 10.1 Å². The van der Waals surface area contributed by atoms with Crippen LogP contribution in [0.2, 0.25) is 0 Å². The zero-order chi connectivity index (χ0) is 12.3. The van der Waals surface area contributed by atoms with Gasteiger partial charge < -0.3 is 5.32 Å². The zero-order valence-electron chi connectivity index (χ0n) is 9.76. The Hall–Kier alpha value is -1.07. The van der Waals surface area contributed by atoms with Crippen molar-refractivity contribution in [1.82, 2.24) is 5.32 Å². The molecule has 1 aromatic carbocycles. The first-order valence-electron chi connectivity index (χ1n) is 5.75. The lowest BCUT2D eigenvalue weighted by Crippen LogP contribution is -2.31. The minimum atomic E-state index is -0.366. The van der Waals surface area contributed by atoms with Gasteiger partial charge in [0, 0.05) is 30.0 Å². The predicted octanol–water partition coefficient (Wildman–Crippen LogP) is 2.75. The highest BCUT2D eigenvalue weighted by Crippen LogP contribution is 2.22. The first kappa shape index (κ1) is 12.4. The van der Waals surface area contributed by atoms with Gasteiger partial charge in [-0.05, 0) is 24.7 Å². The zero-order valence-corrected chi connectivity index (χ0v) is 10.6. The summed E-state index contributed by atoms with van der Waals surface area (Å²) in [5, 5.41) is 14.1. The van der Waals surface area contributed by atoms with Gasteiger partial charge in [0.2, 0.25) is 0 Å². The molecule has 1 saturated heterocycles. The highest BCUT2D eigenvalue weighted by atomic mass is 32.2. The molecule has 0 aromatic heterocycles. The molecule has 2 unspecified atom stereocenters. The second-order valence-electron chi connectivity index (χ2n) is 4.30. The first-order valence-corrected chi connectivity index (χ1v) is 6.90. The summed E-state index contributed by atoms with van der Waals surface area (Å²) in [5.41, 5.74) is 1.25. The molecular weight excluding hydrogens is 236 g/mol. The van der Waals surface area contributed by atoms with Crippen LogP contribution in [-0.4, -0.2) is 22.5 Å². The second-order valence-corrected chi connectivity index (χ2v) is 5.45. The number of nitrogens with zero attached hydrogens (tertiary/aromatic N) is 1. The summed E-state index contributed by atoms with van der Waals surface area (Å²) in [6.45, 7) is 2.10. The number of rotatable bonds is 4. The van der Waals surface area contributed by atoms with E-state index in [4.69, 9.17) is 0 Å². The minimum absolute atomic E-state index is 0.150. The average molecular weight is 252 g/mol. The predicted molar refractivity (Wildman–Crippen MR) is 70.4 cm³/mol. The Kier molecular flexibility index (Phi) is 4.02. The van der Waals surface area contributed by atoms with E-state index in [-0.39, 0.29) is 16.7 Å². The molecule has 1 N–H and O–H groups in total. The van der Waals surface area contributed by atoms with Crippen LogP contribution in [0.5, 0.6) is 0 Å². The fourth-order valence-corrected chi connectivity index (χ4v) is 3.17. The van der Waals surface area contributed by atoms with E-state index < -0.39 is 0 Å². The largest absolute Gasteiger partial charge is 0.307 e. The van der Waals surface area contributed by atoms with Gasteiger partial charge in [0.15, 0.2) is 0 Å². The highest BCUT2D eigenvalue weighted by molar-refractivity contribution is 7.99. The van der Waals surface area contributed by atoms with Gasteiger partial charge in [0.25, 0.3) is 5.69 Å². The fraction of sp³-hybridized carbons (Fsp3) is 0.500. The molecule has 92 valence electrons. The first-order chi connectivity index (χ1) is 8.16. The molecule has 0 amide bonds. The SMILES string of the molecule is CC(NC1CCSC1)c1ccc([N+](=O)[O-])cc1. The molecule has 0 aliphatic carbocycles. The molecular formula is C12H16N2O2S. The monoisotopic (exact) mass is 252 g/mol. The Morgan fingerprint density at radius 2 is 2.18 bits per heavy atom. The lowest BCUT2D eigenvalue weighted by molar-refractivity contribution is -0.384. The molecule has 2 atom stereocenters. The van der Waals surface area contributed by atoms with Crippen LogP contribution in [0, 0.1) is 10.1 Å². The molecule has 2 rings (SSSR count). The van der Waals surface area contributed by atoms with Crippen LogP contribution in [0.25, 0.3) is 0 Å². The second kappa shape index (κ2) is 5.51. The van der Waals surface area contributed by atoms with Crippen molar-refractivity contribution in [3.8, 4) is 0 Å². The van der Waals surface area contributed by atoms with E-state index in [1.807, 2.05) is 23.9 Å². The van der Waals surface area contributed by atoms with Gasteiger partial charge >= 0.3 is 0 Å². The van der Waals surface area contributed by atoms with E-state index in [1.54, 1.807) is 12.1 Å². The molecule has 1 aliphatic heterocycles. The third-order valence-electron chi connectivity index (χ3n) is 3.02. The topological polar surface area (TPSA) is 55.2 Å². The lowest BCUT2D eigenvalue weighted by atomic mass is 10.1. The van der Waals surface area contributed by atoms with Gasteiger partial charge in [0.1, 0.15) is 0 Å². The molecule has 1 aliphatic rings. The molecule has 1 heterocycles. The van der Waals surface area contributed by atoms with Gasteiger partial charge in [-0.25, -0.2) is 0 Å². The third kappa shape index (κ3) is 3.20. The standard InChI is InChI=1S/C12H16N2O2S/c1-9(13-11-6-7-17-8-11)10-2-4-12(5-3-10)14(15)16/h2-5,9,11,13H,6-8H2,1H3. The van der Waals surface area contributed by atoms with E-state index in [2.05, 4.69) is 12.2 Å². The summed E-state index contributed by atoms with van der Waals surface area (Å²) < 4.78 is 0. The summed E-state index contributed by atoms with van der Waals surface area (Å²) in [5.74, 6) is 2.39. The van der Waals surface area contributed by atoms with Crippen molar-refractivity contribution in [3.05, 3.63) is 39.9 Å². The highest BCUT2D eigenvalue weighted by Gasteiger charge is 2.18. The Bertz CT molecular complexity index is 388. The number of benzene rings is 1. The van der Waals surface area contributed by atoms with Crippen molar-refractivity contribution in [3.63, 3.8) is 0 Å². The van der Waals surface area contributed by atoms with Crippen molar-refractivity contribution in [2.45, 2.75) is 25.4 Å². The van der Waals surface area contributed by atoms with Crippen LogP contribution in [0.3, 0.4) is 0 Å². The van der Waals surface area contributed by atoms with Gasteiger partial charge in [-0.15, -0.1) is 0 Å². The number of nitrogens with one attached hydrogen (secondary N) is 1. The van der Waals surface area contributed by atoms with Crippen molar-refractivity contribution < 1.29 is 4.92 Å². The third-order valence-corrected chi connectivity index (χ3v) is 4.18. The Morgan fingerprint density at radius 1 is 1.47 bits per heavy atom. The van der Waals surface area contributed by atoms with E-state index in [0.29, 0.717) is 6.04 Å². The maximum atomic E-state index is 10.5. The summed E-state index contributed by atoms with van der Waals surface area (Å²) >= 11 is 1.97. The summed E-state index contributed by atoms with van der Waals surface area (Å²) in [7, 11) is 0. The van der Waals surface area contributed by atoms with Gasteiger partial charge in [-0.1, -0.05) is 12.1 Å². The number of hydrogen-bond acceptors (Lipinski definition) is 4. The molecule has 4 nitrogen and oxygen atoms in total. The normalized spacial score (nSPS) is 21.4. The summed E-state index contributed by atoms with van der Waals surface area (Å²) in [6, 6.07) is 7.62. The molecule has 0 bridgehead atoms. The van der Waals surface area contributed by atoms with E-state index in [0.717, 1.165) is 11.3 Å². The van der Waals surface area contributed by atoms with Crippen LogP contribution in [0.1, 0.15) is 24.9 Å².